The van der Waals surface area contributed by atoms with E-state index >= 15 is 0 Å². The molecule has 0 atom stereocenters. The van der Waals surface area contributed by atoms with Gasteiger partial charge in [-0.1, -0.05) is 48.5 Å². The van der Waals surface area contributed by atoms with E-state index in [4.69, 9.17) is 0 Å². The number of benzene rings is 3. The molecule has 3 heterocycles. The van der Waals surface area contributed by atoms with Crippen molar-refractivity contribution in [2.75, 3.05) is 13.1 Å². The third-order valence-electron chi connectivity index (χ3n) is 7.31. The predicted octanol–water partition coefficient (Wildman–Crippen LogP) is 7.94. The lowest BCUT2D eigenvalue weighted by Gasteiger charge is -2.31. The number of aromatic nitrogens is 1. The van der Waals surface area contributed by atoms with Crippen molar-refractivity contribution in [1.29, 1.82) is 0 Å². The standard InChI is InChI=1S/C30H25F3N2OS/c31-30(32,33)23-11-9-20(10-12-23)18-35-19-25(24-6-2-3-7-26(24)35)21-13-15-34(16-14-21)29(36)28-17-22-5-1-4-8-27(22)37-28/h1-12,17,19,21H,13-16,18H2. The summed E-state index contributed by atoms with van der Waals surface area (Å²) in [6.07, 6.45) is -0.425. The summed E-state index contributed by atoms with van der Waals surface area (Å²) in [4.78, 5) is 15.9. The number of carbonyl (C=O) groups excluding carboxylic acids is 1. The summed E-state index contributed by atoms with van der Waals surface area (Å²) in [6, 6.07) is 23.6. The molecule has 1 amide bonds. The monoisotopic (exact) mass is 518 g/mol. The van der Waals surface area contributed by atoms with E-state index in [1.165, 1.54) is 10.9 Å². The van der Waals surface area contributed by atoms with Gasteiger partial charge in [0, 0.05) is 41.4 Å². The molecule has 0 N–H and O–H groups in total. The number of hydrogen-bond acceptors (Lipinski definition) is 2. The van der Waals surface area contributed by atoms with E-state index in [0.29, 0.717) is 25.6 Å². The summed E-state index contributed by atoms with van der Waals surface area (Å²) >= 11 is 1.55. The van der Waals surface area contributed by atoms with Crippen LogP contribution < -0.4 is 0 Å². The highest BCUT2D eigenvalue weighted by atomic mass is 32.1. The van der Waals surface area contributed by atoms with Gasteiger partial charge in [0.15, 0.2) is 0 Å². The van der Waals surface area contributed by atoms with Crippen molar-refractivity contribution in [1.82, 2.24) is 9.47 Å². The molecule has 1 fully saturated rings. The molecule has 188 valence electrons. The quantitative estimate of drug-likeness (QED) is 0.237. The summed E-state index contributed by atoms with van der Waals surface area (Å²) < 4.78 is 42.1. The summed E-state index contributed by atoms with van der Waals surface area (Å²) in [7, 11) is 0. The molecule has 37 heavy (non-hydrogen) atoms. The molecule has 7 heteroatoms. The number of likely N-dealkylation sites (tertiary alicyclic amines) is 1. The second-order valence-electron chi connectivity index (χ2n) is 9.64. The number of thiophene rings is 1. The van der Waals surface area contributed by atoms with Gasteiger partial charge >= 0.3 is 6.18 Å². The Bertz CT molecular complexity index is 1540. The number of nitrogens with zero attached hydrogens (tertiary/aromatic N) is 2. The minimum atomic E-state index is -4.33. The minimum absolute atomic E-state index is 0.101. The zero-order chi connectivity index (χ0) is 25.6. The van der Waals surface area contributed by atoms with Gasteiger partial charge in [-0.05, 0) is 65.6 Å². The van der Waals surface area contributed by atoms with Crippen molar-refractivity contribution < 1.29 is 18.0 Å². The topological polar surface area (TPSA) is 25.2 Å². The molecule has 0 aliphatic carbocycles. The van der Waals surface area contributed by atoms with Gasteiger partial charge in [-0.2, -0.15) is 13.2 Å². The molecule has 3 aromatic carbocycles. The first-order chi connectivity index (χ1) is 17.9. The number of fused-ring (bicyclic) bond motifs is 2. The van der Waals surface area contributed by atoms with Crippen LogP contribution in [-0.4, -0.2) is 28.5 Å². The third-order valence-corrected chi connectivity index (χ3v) is 8.42. The second-order valence-corrected chi connectivity index (χ2v) is 10.7. The molecule has 5 aromatic rings. The van der Waals surface area contributed by atoms with Gasteiger partial charge in [0.25, 0.3) is 5.91 Å². The normalized spacial score (nSPS) is 15.1. The van der Waals surface area contributed by atoms with Crippen LogP contribution in [0, 0.1) is 0 Å². The Balaban J connectivity index is 1.20. The van der Waals surface area contributed by atoms with Crippen LogP contribution in [0.1, 0.15) is 45.1 Å². The molecule has 1 aliphatic heterocycles. The lowest BCUT2D eigenvalue weighted by molar-refractivity contribution is -0.137. The van der Waals surface area contributed by atoms with E-state index in [9.17, 15) is 18.0 Å². The van der Waals surface area contributed by atoms with E-state index in [1.807, 2.05) is 47.4 Å². The number of hydrogen-bond donors (Lipinski definition) is 0. The summed E-state index contributed by atoms with van der Waals surface area (Å²) in [6.45, 7) is 1.91. The predicted molar refractivity (Wildman–Crippen MR) is 142 cm³/mol. The van der Waals surface area contributed by atoms with Crippen molar-refractivity contribution in [3.63, 3.8) is 0 Å². The number of para-hydroxylation sites is 1. The van der Waals surface area contributed by atoms with Crippen LogP contribution in [0.5, 0.6) is 0 Å². The first kappa shape index (κ1) is 23.8. The van der Waals surface area contributed by atoms with Crippen LogP contribution in [0.3, 0.4) is 0 Å². The lowest BCUT2D eigenvalue weighted by atomic mass is 9.89. The van der Waals surface area contributed by atoms with Crippen LogP contribution in [-0.2, 0) is 12.7 Å². The van der Waals surface area contributed by atoms with E-state index < -0.39 is 11.7 Å². The Morgan fingerprint density at radius 3 is 2.35 bits per heavy atom. The largest absolute Gasteiger partial charge is 0.416 e. The van der Waals surface area contributed by atoms with Gasteiger partial charge in [0.05, 0.1) is 10.4 Å². The number of carbonyl (C=O) groups is 1. The van der Waals surface area contributed by atoms with Crippen molar-refractivity contribution in [3.8, 4) is 0 Å². The lowest BCUT2D eigenvalue weighted by Crippen LogP contribution is -2.37. The van der Waals surface area contributed by atoms with Gasteiger partial charge in [-0.15, -0.1) is 11.3 Å². The molecular weight excluding hydrogens is 493 g/mol. The second kappa shape index (κ2) is 9.38. The molecule has 6 rings (SSSR count). The zero-order valence-corrected chi connectivity index (χ0v) is 20.9. The van der Waals surface area contributed by atoms with Crippen LogP contribution in [0.4, 0.5) is 13.2 Å². The average molecular weight is 519 g/mol. The molecule has 1 aliphatic rings. The summed E-state index contributed by atoms with van der Waals surface area (Å²) in [5.74, 6) is 0.426. The van der Waals surface area contributed by atoms with Gasteiger partial charge in [0.1, 0.15) is 0 Å². The Morgan fingerprint density at radius 1 is 0.919 bits per heavy atom. The summed E-state index contributed by atoms with van der Waals surface area (Å²) in [5, 5.41) is 2.27. The molecule has 0 saturated carbocycles. The Hall–Kier alpha value is -3.58. The average Bonchev–Trinajstić information content (AvgIpc) is 3.50. The SMILES string of the molecule is O=C(c1cc2ccccc2s1)N1CCC(c2cn(Cc3ccc(C(F)(F)F)cc3)c3ccccc23)CC1. The Kier molecular flexibility index (Phi) is 6.03. The minimum Gasteiger partial charge on any atom is -0.343 e. The van der Waals surface area contributed by atoms with E-state index in [-0.39, 0.29) is 5.91 Å². The van der Waals surface area contributed by atoms with Crippen LogP contribution in [0.15, 0.2) is 85.1 Å². The maximum atomic E-state index is 13.2. The molecule has 2 aromatic heterocycles. The molecule has 1 saturated heterocycles. The molecule has 0 unspecified atom stereocenters. The molecule has 0 spiro atoms. The number of halogens is 3. The van der Waals surface area contributed by atoms with Crippen molar-refractivity contribution in [2.24, 2.45) is 0 Å². The fourth-order valence-corrected chi connectivity index (χ4v) is 6.39. The van der Waals surface area contributed by atoms with Gasteiger partial charge in [-0.3, -0.25) is 4.79 Å². The molecule has 0 radical (unpaired) electrons. The van der Waals surface area contributed by atoms with E-state index in [1.54, 1.807) is 23.5 Å². The van der Waals surface area contributed by atoms with E-state index in [2.05, 4.69) is 22.9 Å². The first-order valence-corrected chi connectivity index (χ1v) is 13.2. The number of amides is 1. The zero-order valence-electron chi connectivity index (χ0n) is 20.0. The third kappa shape index (κ3) is 4.64. The van der Waals surface area contributed by atoms with E-state index in [0.717, 1.165) is 51.0 Å². The molecule has 3 nitrogen and oxygen atoms in total. The van der Waals surface area contributed by atoms with Crippen molar-refractivity contribution in [3.05, 3.63) is 107 Å². The fourth-order valence-electron chi connectivity index (χ4n) is 5.36. The highest BCUT2D eigenvalue weighted by molar-refractivity contribution is 7.20. The molecular formula is C30H25F3N2OS. The van der Waals surface area contributed by atoms with Crippen LogP contribution >= 0.6 is 11.3 Å². The summed E-state index contributed by atoms with van der Waals surface area (Å²) in [5.41, 5.74) is 2.51. The van der Waals surface area contributed by atoms with Crippen LogP contribution in [0.2, 0.25) is 0 Å². The highest BCUT2D eigenvalue weighted by Gasteiger charge is 2.30. The maximum absolute atomic E-state index is 13.2. The first-order valence-electron chi connectivity index (χ1n) is 12.4. The van der Waals surface area contributed by atoms with Crippen molar-refractivity contribution >= 4 is 38.2 Å². The smallest absolute Gasteiger partial charge is 0.343 e. The number of alkyl halides is 3. The van der Waals surface area contributed by atoms with Crippen molar-refractivity contribution in [2.45, 2.75) is 31.5 Å². The fraction of sp³-hybridized carbons (Fsp3) is 0.233. The Morgan fingerprint density at radius 2 is 1.62 bits per heavy atom. The van der Waals surface area contributed by atoms with Gasteiger partial charge in [0.2, 0.25) is 0 Å². The number of piperidine rings is 1. The Labute approximate surface area is 216 Å². The maximum Gasteiger partial charge on any atom is 0.416 e. The van der Waals surface area contributed by atoms with Gasteiger partial charge in [-0.25, -0.2) is 0 Å². The van der Waals surface area contributed by atoms with Crippen LogP contribution in [0.25, 0.3) is 21.0 Å². The highest BCUT2D eigenvalue weighted by Crippen LogP contribution is 2.36. The molecule has 0 bridgehead atoms. The van der Waals surface area contributed by atoms with Gasteiger partial charge < -0.3 is 9.47 Å². The number of rotatable bonds is 4.